The molecule has 0 N–H and O–H groups in total. The lowest BCUT2D eigenvalue weighted by Gasteiger charge is -2.15. The van der Waals surface area contributed by atoms with Gasteiger partial charge in [0, 0.05) is 10.6 Å². The van der Waals surface area contributed by atoms with Crippen LogP contribution in [0.15, 0.2) is 48.5 Å². The van der Waals surface area contributed by atoms with Crippen molar-refractivity contribution in [3.05, 3.63) is 64.7 Å². The summed E-state index contributed by atoms with van der Waals surface area (Å²) in [5, 5.41) is 0.498. The summed E-state index contributed by atoms with van der Waals surface area (Å²) in [5.74, 6) is -1.94. The molecule has 0 aromatic heterocycles. The summed E-state index contributed by atoms with van der Waals surface area (Å²) in [6.07, 6.45) is 0. The topological polar surface area (TPSA) is 63.7 Å². The van der Waals surface area contributed by atoms with Crippen LogP contribution >= 0.6 is 11.6 Å². The molecule has 1 aliphatic heterocycles. The van der Waals surface area contributed by atoms with E-state index in [1.807, 2.05) is 0 Å². The van der Waals surface area contributed by atoms with Gasteiger partial charge in [-0.15, -0.1) is 0 Å². The molecule has 0 unspecified atom stereocenters. The van der Waals surface area contributed by atoms with Crippen LogP contribution in [0.1, 0.15) is 15.9 Å². The molecule has 0 saturated heterocycles. The Hall–Kier alpha value is -2.66. The Labute approximate surface area is 137 Å². The Morgan fingerprint density at radius 2 is 1.74 bits per heavy atom. The molecule has 0 radical (unpaired) electrons. The van der Waals surface area contributed by atoms with Gasteiger partial charge in [-0.3, -0.25) is 19.3 Å². The van der Waals surface area contributed by atoms with E-state index in [1.54, 1.807) is 48.5 Å². The zero-order chi connectivity index (χ0) is 16.4. The second-order valence-electron chi connectivity index (χ2n) is 4.99. The van der Waals surface area contributed by atoms with Gasteiger partial charge < -0.3 is 4.74 Å². The van der Waals surface area contributed by atoms with Gasteiger partial charge in [0.2, 0.25) is 0 Å². The number of esters is 1. The normalized spacial score (nSPS) is 13.2. The van der Waals surface area contributed by atoms with Crippen molar-refractivity contribution in [2.24, 2.45) is 0 Å². The van der Waals surface area contributed by atoms with Crippen molar-refractivity contribution in [1.82, 2.24) is 0 Å². The fraction of sp³-hybridized carbons (Fsp3) is 0.118. The van der Waals surface area contributed by atoms with Crippen LogP contribution in [0.5, 0.6) is 0 Å². The first kappa shape index (κ1) is 15.2. The number of amides is 1. The number of benzene rings is 2. The summed E-state index contributed by atoms with van der Waals surface area (Å²) in [6.45, 7) is -0.303. The number of fused-ring (bicyclic) bond motifs is 1. The lowest BCUT2D eigenvalue weighted by Crippen LogP contribution is -2.35. The predicted octanol–water partition coefficient (Wildman–Crippen LogP) is 2.61. The molecule has 116 valence electrons. The van der Waals surface area contributed by atoms with E-state index in [0.29, 0.717) is 21.8 Å². The van der Waals surface area contributed by atoms with Crippen LogP contribution < -0.4 is 4.90 Å². The van der Waals surface area contributed by atoms with E-state index in [0.717, 1.165) is 4.90 Å². The van der Waals surface area contributed by atoms with Crippen molar-refractivity contribution < 1.29 is 19.1 Å². The average Bonchev–Trinajstić information content (AvgIpc) is 2.80. The molecule has 0 bridgehead atoms. The highest BCUT2D eigenvalue weighted by atomic mass is 35.5. The summed E-state index contributed by atoms with van der Waals surface area (Å²) >= 11 is 5.99. The monoisotopic (exact) mass is 329 g/mol. The molecule has 1 heterocycles. The minimum absolute atomic E-state index is 0.0100. The molecule has 6 heteroatoms. The molecule has 0 atom stereocenters. The number of ether oxygens (including phenoxy) is 1. The van der Waals surface area contributed by atoms with E-state index in [2.05, 4.69) is 0 Å². The van der Waals surface area contributed by atoms with Crippen LogP contribution in [0.4, 0.5) is 5.69 Å². The van der Waals surface area contributed by atoms with Crippen LogP contribution in [0.25, 0.3) is 0 Å². The van der Waals surface area contributed by atoms with E-state index < -0.39 is 17.7 Å². The van der Waals surface area contributed by atoms with E-state index in [1.165, 1.54) is 0 Å². The number of halogens is 1. The van der Waals surface area contributed by atoms with Crippen molar-refractivity contribution in [3.8, 4) is 0 Å². The molecule has 0 spiro atoms. The fourth-order valence-electron chi connectivity index (χ4n) is 2.35. The highest BCUT2D eigenvalue weighted by Crippen LogP contribution is 2.28. The zero-order valence-electron chi connectivity index (χ0n) is 12.0. The lowest BCUT2D eigenvalue weighted by atomic mass is 10.1. The van der Waals surface area contributed by atoms with E-state index >= 15 is 0 Å². The van der Waals surface area contributed by atoms with E-state index in [9.17, 15) is 14.4 Å². The zero-order valence-corrected chi connectivity index (χ0v) is 12.7. The van der Waals surface area contributed by atoms with Crippen LogP contribution in [0, 0.1) is 0 Å². The largest absolute Gasteiger partial charge is 0.459 e. The predicted molar refractivity (Wildman–Crippen MR) is 84.4 cm³/mol. The van der Waals surface area contributed by atoms with E-state index in [4.69, 9.17) is 16.3 Å². The van der Waals surface area contributed by atoms with E-state index in [-0.39, 0.29) is 13.2 Å². The number of hydrogen-bond acceptors (Lipinski definition) is 4. The first-order valence-corrected chi connectivity index (χ1v) is 7.30. The SMILES string of the molecule is O=C(CN1C(=O)C(=O)c2ccccc21)OCc1ccccc1Cl. The highest BCUT2D eigenvalue weighted by molar-refractivity contribution is 6.52. The first-order chi connectivity index (χ1) is 11.1. The maximum atomic E-state index is 12.0. The standard InChI is InChI=1S/C17H12ClNO4/c18-13-7-3-1-5-11(13)10-23-15(20)9-19-14-8-4-2-6-12(14)16(21)17(19)22/h1-8H,9-10H2. The maximum Gasteiger partial charge on any atom is 0.326 e. The number of carbonyl (C=O) groups is 3. The Morgan fingerprint density at radius 1 is 1.04 bits per heavy atom. The van der Waals surface area contributed by atoms with Crippen LogP contribution in [0.3, 0.4) is 0 Å². The van der Waals surface area contributed by atoms with Gasteiger partial charge in [0.1, 0.15) is 13.2 Å². The maximum absolute atomic E-state index is 12.0. The average molecular weight is 330 g/mol. The molecule has 1 amide bonds. The third kappa shape index (κ3) is 2.96. The van der Waals surface area contributed by atoms with Gasteiger partial charge in [-0.25, -0.2) is 0 Å². The first-order valence-electron chi connectivity index (χ1n) is 6.92. The summed E-state index contributed by atoms with van der Waals surface area (Å²) in [7, 11) is 0. The number of nitrogens with zero attached hydrogens (tertiary/aromatic N) is 1. The molecule has 0 fully saturated rings. The van der Waals surface area contributed by atoms with Crippen LogP contribution in [-0.2, 0) is 20.9 Å². The van der Waals surface area contributed by atoms with Gasteiger partial charge in [0.15, 0.2) is 0 Å². The van der Waals surface area contributed by atoms with Crippen LogP contribution in [0.2, 0.25) is 5.02 Å². The number of hydrogen-bond donors (Lipinski definition) is 0. The molecular weight excluding hydrogens is 318 g/mol. The third-order valence-corrected chi connectivity index (χ3v) is 3.88. The van der Waals surface area contributed by atoms with Crippen molar-refractivity contribution in [1.29, 1.82) is 0 Å². The molecule has 0 saturated carbocycles. The molecule has 0 aliphatic carbocycles. The Balaban J connectivity index is 1.68. The molecule has 2 aromatic carbocycles. The summed E-state index contributed by atoms with van der Waals surface area (Å²) in [6, 6.07) is 13.6. The summed E-state index contributed by atoms with van der Waals surface area (Å²) in [4.78, 5) is 36.9. The summed E-state index contributed by atoms with van der Waals surface area (Å²) < 4.78 is 5.14. The van der Waals surface area contributed by atoms with Crippen molar-refractivity contribution >= 4 is 34.9 Å². The van der Waals surface area contributed by atoms with Crippen molar-refractivity contribution in [3.63, 3.8) is 0 Å². The quantitative estimate of drug-likeness (QED) is 0.639. The number of ketones is 1. The number of anilines is 1. The summed E-state index contributed by atoms with van der Waals surface area (Å²) in [5.41, 5.74) is 1.40. The van der Waals surface area contributed by atoms with Crippen LogP contribution in [-0.4, -0.2) is 24.2 Å². The Morgan fingerprint density at radius 3 is 2.52 bits per heavy atom. The van der Waals surface area contributed by atoms with Gasteiger partial charge in [-0.1, -0.05) is 41.9 Å². The molecule has 3 rings (SSSR count). The number of rotatable bonds is 4. The number of carbonyl (C=O) groups excluding carboxylic acids is 3. The highest BCUT2D eigenvalue weighted by Gasteiger charge is 2.36. The number of Topliss-reactive ketones (excluding diaryl/α,β-unsaturated/α-hetero) is 1. The molecule has 1 aliphatic rings. The third-order valence-electron chi connectivity index (χ3n) is 3.51. The second-order valence-corrected chi connectivity index (χ2v) is 5.40. The van der Waals surface area contributed by atoms with Gasteiger partial charge >= 0.3 is 5.97 Å². The van der Waals surface area contributed by atoms with Gasteiger partial charge in [0.05, 0.1) is 11.3 Å². The van der Waals surface area contributed by atoms with Crippen molar-refractivity contribution in [2.45, 2.75) is 6.61 Å². The fourth-order valence-corrected chi connectivity index (χ4v) is 2.54. The molecule has 2 aromatic rings. The van der Waals surface area contributed by atoms with Gasteiger partial charge in [-0.2, -0.15) is 0 Å². The Bertz CT molecular complexity index is 803. The van der Waals surface area contributed by atoms with Crippen molar-refractivity contribution in [2.75, 3.05) is 11.4 Å². The Kier molecular flexibility index (Phi) is 4.12. The molecule has 5 nitrogen and oxygen atoms in total. The lowest BCUT2D eigenvalue weighted by molar-refractivity contribution is -0.143. The second kappa shape index (κ2) is 6.22. The van der Waals surface area contributed by atoms with Gasteiger partial charge in [0.25, 0.3) is 11.7 Å². The van der Waals surface area contributed by atoms with Gasteiger partial charge in [-0.05, 0) is 18.2 Å². The molecular formula is C17H12ClNO4. The number of para-hydroxylation sites is 1. The minimum atomic E-state index is -0.721. The molecule has 23 heavy (non-hydrogen) atoms. The minimum Gasteiger partial charge on any atom is -0.459 e. The smallest absolute Gasteiger partial charge is 0.326 e.